The molecule has 2 saturated carbocycles. The van der Waals surface area contributed by atoms with Crippen LogP contribution in [0.5, 0.6) is 0 Å². The van der Waals surface area contributed by atoms with Crippen molar-refractivity contribution in [2.75, 3.05) is 6.61 Å². The SMILES string of the molecule is C=C(OC(C)CC1CC2CCCC(C2)C1)C(C)(CC)CC(C)(C)C(=O)OC1(C)CCOC(=O)C1. The van der Waals surface area contributed by atoms with Crippen LogP contribution in [0.25, 0.3) is 0 Å². The van der Waals surface area contributed by atoms with Crippen molar-refractivity contribution < 1.29 is 23.8 Å². The summed E-state index contributed by atoms with van der Waals surface area (Å²) in [6.07, 6.45) is 11.6. The maximum atomic E-state index is 13.2. The highest BCUT2D eigenvalue weighted by molar-refractivity contribution is 5.78. The topological polar surface area (TPSA) is 61.8 Å². The van der Waals surface area contributed by atoms with Crippen LogP contribution in [-0.2, 0) is 23.8 Å². The molecule has 3 rings (SSSR count). The highest BCUT2D eigenvalue weighted by Crippen LogP contribution is 2.46. The normalized spacial score (nSPS) is 32.2. The molecule has 0 N–H and O–H groups in total. The summed E-state index contributed by atoms with van der Waals surface area (Å²) in [5.74, 6) is 2.79. The molecule has 194 valence electrons. The van der Waals surface area contributed by atoms with E-state index >= 15 is 0 Å². The van der Waals surface area contributed by atoms with Crippen LogP contribution in [0.2, 0.25) is 0 Å². The molecular weight excluding hydrogens is 428 g/mol. The number of esters is 2. The van der Waals surface area contributed by atoms with E-state index in [2.05, 4.69) is 27.4 Å². The van der Waals surface area contributed by atoms with Gasteiger partial charge in [0.05, 0.1) is 30.3 Å². The number of hydrogen-bond donors (Lipinski definition) is 0. The van der Waals surface area contributed by atoms with Gasteiger partial charge < -0.3 is 14.2 Å². The van der Waals surface area contributed by atoms with E-state index in [1.807, 2.05) is 20.8 Å². The Morgan fingerprint density at radius 3 is 2.44 bits per heavy atom. The molecule has 0 aromatic heterocycles. The molecule has 34 heavy (non-hydrogen) atoms. The van der Waals surface area contributed by atoms with E-state index in [9.17, 15) is 9.59 Å². The van der Waals surface area contributed by atoms with E-state index in [0.717, 1.165) is 36.4 Å². The van der Waals surface area contributed by atoms with Gasteiger partial charge in [-0.25, -0.2) is 0 Å². The third-order valence-corrected chi connectivity index (χ3v) is 8.82. The number of rotatable bonds is 10. The summed E-state index contributed by atoms with van der Waals surface area (Å²) in [7, 11) is 0. The second-order valence-corrected chi connectivity index (χ2v) is 12.8. The van der Waals surface area contributed by atoms with Crippen LogP contribution < -0.4 is 0 Å². The number of carbonyl (C=O) groups excluding carboxylic acids is 2. The first-order valence-corrected chi connectivity index (χ1v) is 13.6. The van der Waals surface area contributed by atoms with Crippen molar-refractivity contribution >= 4 is 11.9 Å². The molecule has 1 saturated heterocycles. The van der Waals surface area contributed by atoms with Gasteiger partial charge in [-0.1, -0.05) is 39.7 Å². The van der Waals surface area contributed by atoms with Crippen LogP contribution in [0.3, 0.4) is 0 Å². The molecule has 0 spiro atoms. The van der Waals surface area contributed by atoms with Crippen molar-refractivity contribution in [1.82, 2.24) is 0 Å². The van der Waals surface area contributed by atoms with Gasteiger partial charge in [-0.15, -0.1) is 0 Å². The monoisotopic (exact) mass is 476 g/mol. The lowest BCUT2D eigenvalue weighted by Crippen LogP contribution is -2.44. The van der Waals surface area contributed by atoms with Gasteiger partial charge in [0.1, 0.15) is 5.60 Å². The minimum Gasteiger partial charge on any atom is -0.495 e. The van der Waals surface area contributed by atoms with Gasteiger partial charge in [-0.05, 0) is 84.0 Å². The summed E-state index contributed by atoms with van der Waals surface area (Å²) in [5.41, 5.74) is -1.87. The van der Waals surface area contributed by atoms with Crippen LogP contribution in [0, 0.1) is 28.6 Å². The third-order valence-electron chi connectivity index (χ3n) is 8.82. The lowest BCUT2D eigenvalue weighted by molar-refractivity contribution is -0.183. The van der Waals surface area contributed by atoms with E-state index in [1.54, 1.807) is 0 Å². The van der Waals surface area contributed by atoms with E-state index < -0.39 is 11.0 Å². The lowest BCUT2D eigenvalue weighted by atomic mass is 9.67. The first-order chi connectivity index (χ1) is 15.8. The molecule has 5 atom stereocenters. The number of allylic oxidation sites excluding steroid dienone is 1. The van der Waals surface area contributed by atoms with Crippen molar-refractivity contribution in [3.63, 3.8) is 0 Å². The van der Waals surface area contributed by atoms with Crippen LogP contribution in [-0.4, -0.2) is 30.3 Å². The first kappa shape index (κ1) is 27.1. The standard InChI is InChI=1S/C29H48O5/c1-8-28(6,19-27(4,5)26(31)34-29(7)12-13-32-25(30)18-29)21(3)33-20(2)14-24-16-22-10-9-11-23(15-22)17-24/h20,22-24H,3,8-19H2,1-2,4-7H3. The number of cyclic esters (lactones) is 1. The van der Waals surface area contributed by atoms with Crippen LogP contribution >= 0.6 is 0 Å². The predicted octanol–water partition coefficient (Wildman–Crippen LogP) is 6.98. The number of ether oxygens (including phenoxy) is 3. The van der Waals surface area contributed by atoms with Crippen molar-refractivity contribution in [1.29, 1.82) is 0 Å². The van der Waals surface area contributed by atoms with Gasteiger partial charge in [0.2, 0.25) is 0 Å². The largest absolute Gasteiger partial charge is 0.495 e. The van der Waals surface area contributed by atoms with Gasteiger partial charge in [-0.2, -0.15) is 0 Å². The van der Waals surface area contributed by atoms with Crippen LogP contribution in [0.4, 0.5) is 0 Å². The Hall–Kier alpha value is -1.52. The zero-order valence-electron chi connectivity index (χ0n) is 22.5. The molecule has 0 amide bonds. The Balaban J connectivity index is 1.56. The number of fused-ring (bicyclic) bond motifs is 2. The van der Waals surface area contributed by atoms with Gasteiger partial charge in [0, 0.05) is 11.8 Å². The Kier molecular flexibility index (Phi) is 8.46. The summed E-state index contributed by atoms with van der Waals surface area (Å²) in [6.45, 7) is 16.7. The summed E-state index contributed by atoms with van der Waals surface area (Å²) in [5, 5.41) is 0. The highest BCUT2D eigenvalue weighted by atomic mass is 16.6. The quantitative estimate of drug-likeness (QED) is 0.251. The minimum absolute atomic E-state index is 0.107. The van der Waals surface area contributed by atoms with Crippen molar-refractivity contribution in [2.45, 2.75) is 124 Å². The maximum absolute atomic E-state index is 13.2. The molecule has 1 aliphatic heterocycles. The zero-order valence-corrected chi connectivity index (χ0v) is 22.5. The molecule has 0 radical (unpaired) electrons. The molecule has 5 unspecified atom stereocenters. The third kappa shape index (κ3) is 6.79. The molecule has 3 aliphatic rings. The molecule has 1 heterocycles. The fourth-order valence-electron chi connectivity index (χ4n) is 6.71. The van der Waals surface area contributed by atoms with Crippen molar-refractivity contribution in [3.8, 4) is 0 Å². The Labute approximate surface area is 207 Å². The van der Waals surface area contributed by atoms with Gasteiger partial charge >= 0.3 is 11.9 Å². The van der Waals surface area contributed by atoms with Crippen molar-refractivity contribution in [3.05, 3.63) is 12.3 Å². The van der Waals surface area contributed by atoms with E-state index in [-0.39, 0.29) is 29.9 Å². The second-order valence-electron chi connectivity index (χ2n) is 12.8. The molecule has 2 aliphatic carbocycles. The van der Waals surface area contributed by atoms with E-state index in [0.29, 0.717) is 19.4 Å². The van der Waals surface area contributed by atoms with Crippen LogP contribution in [0.1, 0.15) is 112 Å². The fourth-order valence-corrected chi connectivity index (χ4v) is 6.71. The lowest BCUT2D eigenvalue weighted by Gasteiger charge is -2.41. The Morgan fingerprint density at radius 1 is 1.21 bits per heavy atom. The predicted molar refractivity (Wildman–Crippen MR) is 134 cm³/mol. The fraction of sp³-hybridized carbons (Fsp3) is 0.862. The van der Waals surface area contributed by atoms with E-state index in [4.69, 9.17) is 14.2 Å². The van der Waals surface area contributed by atoms with E-state index in [1.165, 1.54) is 38.5 Å². The average molecular weight is 477 g/mol. The maximum Gasteiger partial charge on any atom is 0.312 e. The molecule has 5 heteroatoms. The summed E-state index contributed by atoms with van der Waals surface area (Å²) < 4.78 is 17.3. The van der Waals surface area contributed by atoms with Gasteiger partial charge in [0.25, 0.3) is 0 Å². The molecule has 0 aromatic carbocycles. The van der Waals surface area contributed by atoms with Crippen molar-refractivity contribution in [2.24, 2.45) is 28.6 Å². The second kappa shape index (κ2) is 10.6. The van der Waals surface area contributed by atoms with Gasteiger partial charge in [0.15, 0.2) is 0 Å². The molecule has 3 fully saturated rings. The Bertz CT molecular complexity index is 746. The average Bonchev–Trinajstić information content (AvgIpc) is 2.72. The van der Waals surface area contributed by atoms with Gasteiger partial charge in [-0.3, -0.25) is 9.59 Å². The van der Waals surface area contributed by atoms with Crippen LogP contribution in [0.15, 0.2) is 12.3 Å². The Morgan fingerprint density at radius 2 is 1.85 bits per heavy atom. The molecular formula is C29H48O5. The number of carbonyl (C=O) groups is 2. The molecule has 5 nitrogen and oxygen atoms in total. The summed E-state index contributed by atoms with van der Waals surface area (Å²) >= 11 is 0. The highest BCUT2D eigenvalue weighted by Gasteiger charge is 2.44. The summed E-state index contributed by atoms with van der Waals surface area (Å²) in [4.78, 5) is 24.9. The first-order valence-electron chi connectivity index (χ1n) is 13.6. The molecule has 2 bridgehead atoms. The summed E-state index contributed by atoms with van der Waals surface area (Å²) in [6, 6.07) is 0. The number of hydrogen-bond acceptors (Lipinski definition) is 5. The minimum atomic E-state index is -0.799. The smallest absolute Gasteiger partial charge is 0.312 e. The zero-order chi connectivity index (χ0) is 25.1. The molecule has 0 aromatic rings.